The molecule has 0 aliphatic carbocycles. The molecule has 2 aromatic rings. The van der Waals surface area contributed by atoms with E-state index in [-0.39, 0.29) is 17.0 Å². The van der Waals surface area contributed by atoms with Crippen LogP contribution in [0.25, 0.3) is 0 Å². The molecule has 0 aliphatic rings. The summed E-state index contributed by atoms with van der Waals surface area (Å²) in [5.74, 6) is -1.68. The Morgan fingerprint density at radius 2 is 1.68 bits per heavy atom. The third-order valence-corrected chi connectivity index (χ3v) is 2.15. The molecule has 0 aliphatic heterocycles. The second-order valence-electron chi connectivity index (χ2n) is 3.25. The molecule has 0 fully saturated rings. The van der Waals surface area contributed by atoms with Gasteiger partial charge in [0.1, 0.15) is 5.69 Å². The summed E-state index contributed by atoms with van der Waals surface area (Å²) in [5.41, 5.74) is -0.0233. The smallest absolute Gasteiger partial charge is 0.355 e. The number of carboxylic acid groups (broad SMARTS) is 1. The van der Waals surface area contributed by atoms with Gasteiger partial charge < -0.3 is 5.11 Å². The lowest BCUT2D eigenvalue weighted by Crippen LogP contribution is -2.12. The minimum atomic E-state index is -1.23. The van der Waals surface area contributed by atoms with Gasteiger partial charge in [-0.2, -0.15) is 0 Å². The highest BCUT2D eigenvalue weighted by Crippen LogP contribution is 2.10. The van der Waals surface area contributed by atoms with Crippen molar-refractivity contribution < 1.29 is 14.7 Å². The molecule has 2 aromatic heterocycles. The van der Waals surface area contributed by atoms with Crippen LogP contribution in [0, 0.1) is 0 Å². The zero-order chi connectivity index (χ0) is 14.3. The van der Waals surface area contributed by atoms with Gasteiger partial charge in [-0.05, 0) is 24.3 Å². The number of carbonyl (C=O) groups is 2. The molecule has 0 aromatic carbocycles. The molecule has 98 valence electrons. The van der Waals surface area contributed by atoms with Crippen LogP contribution in [0.15, 0.2) is 42.7 Å². The number of carbonyl (C=O) groups excluding carboxylic acids is 1. The number of rotatable bonds is 3. The number of nitrogens with zero attached hydrogens (tertiary/aromatic N) is 2. The van der Waals surface area contributed by atoms with E-state index in [1.54, 1.807) is 12.1 Å². The van der Waals surface area contributed by atoms with Gasteiger partial charge in [-0.1, -0.05) is 19.9 Å². The molecular formula is C14H14N2O3. The molecule has 2 heterocycles. The first-order chi connectivity index (χ1) is 9.20. The van der Waals surface area contributed by atoms with E-state index in [0.29, 0.717) is 0 Å². The summed E-state index contributed by atoms with van der Waals surface area (Å²) in [6, 6.07) is 7.81. The van der Waals surface area contributed by atoms with Gasteiger partial charge in [-0.3, -0.25) is 9.78 Å². The predicted octanol–water partition coefficient (Wildman–Crippen LogP) is 2.43. The Morgan fingerprint density at radius 3 is 2.26 bits per heavy atom. The van der Waals surface area contributed by atoms with E-state index >= 15 is 0 Å². The maximum absolute atomic E-state index is 12.0. The van der Waals surface area contributed by atoms with Crippen LogP contribution in [0.4, 0.5) is 0 Å². The zero-order valence-corrected chi connectivity index (χ0v) is 10.7. The van der Waals surface area contributed by atoms with Gasteiger partial charge in [-0.25, -0.2) is 9.78 Å². The van der Waals surface area contributed by atoms with Crippen LogP contribution in [-0.4, -0.2) is 26.8 Å². The quantitative estimate of drug-likeness (QED) is 0.855. The van der Waals surface area contributed by atoms with Crippen molar-refractivity contribution in [3.05, 3.63) is 59.7 Å². The van der Waals surface area contributed by atoms with Gasteiger partial charge in [-0.15, -0.1) is 0 Å². The number of hydrogen-bond donors (Lipinski definition) is 1. The van der Waals surface area contributed by atoms with E-state index in [2.05, 4.69) is 9.97 Å². The Balaban J connectivity index is 0.000000861. The molecule has 5 heteroatoms. The average Bonchev–Trinajstić information content (AvgIpc) is 2.49. The van der Waals surface area contributed by atoms with Crippen molar-refractivity contribution in [2.24, 2.45) is 0 Å². The van der Waals surface area contributed by atoms with E-state index in [9.17, 15) is 9.59 Å². The van der Waals surface area contributed by atoms with Crippen molar-refractivity contribution in [1.29, 1.82) is 0 Å². The van der Waals surface area contributed by atoms with Crippen molar-refractivity contribution >= 4 is 11.8 Å². The minimum absolute atomic E-state index is 0.0405. The number of hydrogen-bond acceptors (Lipinski definition) is 4. The lowest BCUT2D eigenvalue weighted by molar-refractivity contribution is 0.0686. The van der Waals surface area contributed by atoms with Crippen molar-refractivity contribution in [2.75, 3.05) is 0 Å². The fourth-order valence-electron chi connectivity index (χ4n) is 1.39. The van der Waals surface area contributed by atoms with Crippen LogP contribution < -0.4 is 0 Å². The van der Waals surface area contributed by atoms with Crippen LogP contribution >= 0.6 is 0 Å². The highest BCUT2D eigenvalue weighted by molar-refractivity contribution is 6.12. The number of aromatic nitrogens is 2. The summed E-state index contributed by atoms with van der Waals surface area (Å²) in [6.45, 7) is 4.00. The Labute approximate surface area is 111 Å². The second-order valence-corrected chi connectivity index (χ2v) is 3.25. The number of carboxylic acids is 1. The van der Waals surface area contributed by atoms with Crippen LogP contribution in [0.3, 0.4) is 0 Å². The van der Waals surface area contributed by atoms with Crippen molar-refractivity contribution in [3.8, 4) is 0 Å². The van der Waals surface area contributed by atoms with Gasteiger partial charge in [0.15, 0.2) is 5.69 Å². The molecule has 0 amide bonds. The molecule has 0 spiro atoms. The summed E-state index contributed by atoms with van der Waals surface area (Å²) in [6.07, 6.45) is 2.81. The van der Waals surface area contributed by atoms with Crippen molar-refractivity contribution in [2.45, 2.75) is 13.8 Å². The Morgan fingerprint density at radius 1 is 1.00 bits per heavy atom. The number of aromatic carboxylic acids is 1. The maximum Gasteiger partial charge on any atom is 0.355 e. The first-order valence-corrected chi connectivity index (χ1v) is 5.84. The van der Waals surface area contributed by atoms with Gasteiger partial charge in [0, 0.05) is 12.4 Å². The second kappa shape index (κ2) is 7.00. The summed E-state index contributed by atoms with van der Waals surface area (Å²) >= 11 is 0. The third-order valence-electron chi connectivity index (χ3n) is 2.15. The first-order valence-electron chi connectivity index (χ1n) is 5.84. The normalized spacial score (nSPS) is 9.16. The zero-order valence-electron chi connectivity index (χ0n) is 10.7. The van der Waals surface area contributed by atoms with Crippen LogP contribution in [0.5, 0.6) is 0 Å². The first kappa shape index (κ1) is 14.5. The molecule has 5 nitrogen and oxygen atoms in total. The Hall–Kier alpha value is -2.56. The van der Waals surface area contributed by atoms with Crippen LogP contribution in [-0.2, 0) is 0 Å². The lowest BCUT2D eigenvalue weighted by Gasteiger charge is -2.02. The standard InChI is InChI=1S/C12H8N2O3.C2H6/c15-11(9-5-1-2-6-13-9)8-4-3-7-14-10(8)12(16)17;1-2/h1-7H,(H,16,17);1-2H3. The number of pyridine rings is 2. The molecule has 0 bridgehead atoms. The summed E-state index contributed by atoms with van der Waals surface area (Å²) in [5, 5.41) is 8.93. The molecule has 0 atom stereocenters. The van der Waals surface area contributed by atoms with Crippen LogP contribution in [0.2, 0.25) is 0 Å². The van der Waals surface area contributed by atoms with E-state index in [1.807, 2.05) is 13.8 Å². The van der Waals surface area contributed by atoms with Gasteiger partial charge in [0.05, 0.1) is 5.56 Å². The SMILES string of the molecule is CC.O=C(c1ccccn1)c1cccnc1C(=O)O. The summed E-state index contributed by atoms with van der Waals surface area (Å²) in [4.78, 5) is 30.5. The molecular weight excluding hydrogens is 244 g/mol. The molecule has 0 saturated heterocycles. The van der Waals surface area contributed by atoms with E-state index in [1.165, 1.54) is 30.6 Å². The molecule has 0 unspecified atom stereocenters. The fourth-order valence-corrected chi connectivity index (χ4v) is 1.39. The summed E-state index contributed by atoms with van der Waals surface area (Å²) < 4.78 is 0. The Kier molecular flexibility index (Phi) is 5.35. The summed E-state index contributed by atoms with van der Waals surface area (Å²) in [7, 11) is 0. The maximum atomic E-state index is 12.0. The fraction of sp³-hybridized carbons (Fsp3) is 0.143. The number of ketones is 1. The topological polar surface area (TPSA) is 80.2 Å². The van der Waals surface area contributed by atoms with E-state index in [4.69, 9.17) is 5.11 Å². The molecule has 19 heavy (non-hydrogen) atoms. The minimum Gasteiger partial charge on any atom is -0.476 e. The highest BCUT2D eigenvalue weighted by Gasteiger charge is 2.19. The molecule has 0 radical (unpaired) electrons. The largest absolute Gasteiger partial charge is 0.476 e. The van der Waals surface area contributed by atoms with Gasteiger partial charge in [0.2, 0.25) is 5.78 Å². The average molecular weight is 258 g/mol. The van der Waals surface area contributed by atoms with Crippen molar-refractivity contribution in [3.63, 3.8) is 0 Å². The van der Waals surface area contributed by atoms with Gasteiger partial charge in [0.25, 0.3) is 0 Å². The van der Waals surface area contributed by atoms with E-state index < -0.39 is 11.8 Å². The van der Waals surface area contributed by atoms with Gasteiger partial charge >= 0.3 is 5.97 Å². The van der Waals surface area contributed by atoms with E-state index in [0.717, 1.165) is 0 Å². The van der Waals surface area contributed by atoms with Crippen molar-refractivity contribution in [1.82, 2.24) is 9.97 Å². The predicted molar refractivity (Wildman–Crippen MR) is 70.2 cm³/mol. The Bertz CT molecular complexity index is 568. The van der Waals surface area contributed by atoms with Crippen LogP contribution in [0.1, 0.15) is 40.4 Å². The highest BCUT2D eigenvalue weighted by atomic mass is 16.4. The third kappa shape index (κ3) is 3.45. The molecule has 2 rings (SSSR count). The lowest BCUT2D eigenvalue weighted by atomic mass is 10.1. The molecule has 0 saturated carbocycles. The molecule has 1 N–H and O–H groups in total. The monoisotopic (exact) mass is 258 g/mol.